The van der Waals surface area contributed by atoms with Gasteiger partial charge < -0.3 is 14.6 Å². The summed E-state index contributed by atoms with van der Waals surface area (Å²) in [6, 6.07) is 0. The number of hydrogen-bond acceptors (Lipinski definition) is 5. The summed E-state index contributed by atoms with van der Waals surface area (Å²) in [6.45, 7) is 3.92. The summed E-state index contributed by atoms with van der Waals surface area (Å²) in [5.41, 5.74) is 0. The lowest BCUT2D eigenvalue weighted by Crippen LogP contribution is -2.28. The Kier molecular flexibility index (Phi) is 23.3. The SMILES string of the molecule is CCCCCCCCC=CCCCCCCCC(=O)OCC(CO)OC(=O)CCCCC. The number of ether oxygens (including phenoxy) is 2. The number of aliphatic hydroxyl groups excluding tert-OH is 1. The third-order valence-electron chi connectivity index (χ3n) is 5.56. The standard InChI is InChI=1S/C27H50O5/c1-3-5-7-8-9-10-11-12-13-14-15-16-17-18-20-21-26(29)31-24-25(23-28)32-27(30)22-19-6-4-2/h12-13,25,28H,3-11,14-24H2,1-2H3. The van der Waals surface area contributed by atoms with E-state index in [9.17, 15) is 14.7 Å². The van der Waals surface area contributed by atoms with Crippen LogP contribution in [0.1, 0.15) is 129 Å². The van der Waals surface area contributed by atoms with Gasteiger partial charge in [0.05, 0.1) is 6.61 Å². The highest BCUT2D eigenvalue weighted by Crippen LogP contribution is 2.10. The van der Waals surface area contributed by atoms with Crippen molar-refractivity contribution >= 4 is 11.9 Å². The van der Waals surface area contributed by atoms with Crippen LogP contribution in [0.2, 0.25) is 0 Å². The number of esters is 2. The van der Waals surface area contributed by atoms with Crippen LogP contribution in [0.15, 0.2) is 12.2 Å². The quantitative estimate of drug-likeness (QED) is 0.102. The molecule has 0 aromatic rings. The second kappa shape index (κ2) is 24.3. The van der Waals surface area contributed by atoms with Gasteiger partial charge in [-0.05, 0) is 38.5 Å². The van der Waals surface area contributed by atoms with Gasteiger partial charge in [0.25, 0.3) is 0 Å². The molecule has 1 unspecified atom stereocenters. The Morgan fingerprint density at radius 1 is 0.688 bits per heavy atom. The van der Waals surface area contributed by atoms with Gasteiger partial charge in [0.1, 0.15) is 6.61 Å². The predicted molar refractivity (Wildman–Crippen MR) is 132 cm³/mol. The van der Waals surface area contributed by atoms with Gasteiger partial charge in [-0.25, -0.2) is 0 Å². The molecule has 0 aliphatic rings. The molecule has 0 heterocycles. The molecule has 0 bridgehead atoms. The maximum absolute atomic E-state index is 11.8. The maximum Gasteiger partial charge on any atom is 0.306 e. The first-order valence-corrected chi connectivity index (χ1v) is 13.2. The molecule has 5 heteroatoms. The number of aliphatic hydroxyl groups is 1. The van der Waals surface area contributed by atoms with Crippen molar-refractivity contribution in [3.63, 3.8) is 0 Å². The van der Waals surface area contributed by atoms with Crippen molar-refractivity contribution < 1.29 is 24.2 Å². The lowest BCUT2D eigenvalue weighted by molar-refractivity contribution is -0.161. The largest absolute Gasteiger partial charge is 0.462 e. The van der Waals surface area contributed by atoms with Gasteiger partial charge >= 0.3 is 11.9 Å². The summed E-state index contributed by atoms with van der Waals surface area (Å²) >= 11 is 0. The van der Waals surface area contributed by atoms with Crippen molar-refractivity contribution in [2.45, 2.75) is 136 Å². The molecular weight excluding hydrogens is 404 g/mol. The third kappa shape index (κ3) is 21.9. The molecule has 32 heavy (non-hydrogen) atoms. The van der Waals surface area contributed by atoms with E-state index in [0.717, 1.165) is 44.9 Å². The van der Waals surface area contributed by atoms with Crippen LogP contribution >= 0.6 is 0 Å². The highest BCUT2D eigenvalue weighted by atomic mass is 16.6. The van der Waals surface area contributed by atoms with E-state index >= 15 is 0 Å². The van der Waals surface area contributed by atoms with E-state index in [2.05, 4.69) is 26.0 Å². The highest BCUT2D eigenvalue weighted by Gasteiger charge is 2.15. The fourth-order valence-corrected chi connectivity index (χ4v) is 3.49. The summed E-state index contributed by atoms with van der Waals surface area (Å²) in [5.74, 6) is -0.631. The van der Waals surface area contributed by atoms with Crippen LogP contribution in [0.25, 0.3) is 0 Å². The number of carbonyl (C=O) groups is 2. The van der Waals surface area contributed by atoms with Crippen molar-refractivity contribution in [2.24, 2.45) is 0 Å². The molecular formula is C27H50O5. The van der Waals surface area contributed by atoms with E-state index in [0.29, 0.717) is 12.8 Å². The minimum Gasteiger partial charge on any atom is -0.462 e. The van der Waals surface area contributed by atoms with Crippen LogP contribution in [0.3, 0.4) is 0 Å². The minimum absolute atomic E-state index is 0.0695. The number of unbranched alkanes of at least 4 members (excludes halogenated alkanes) is 13. The van der Waals surface area contributed by atoms with E-state index in [1.807, 2.05) is 0 Å². The van der Waals surface area contributed by atoms with Crippen molar-refractivity contribution in [1.29, 1.82) is 0 Å². The van der Waals surface area contributed by atoms with Gasteiger partial charge in [-0.1, -0.05) is 90.2 Å². The van der Waals surface area contributed by atoms with Crippen LogP contribution in [0.5, 0.6) is 0 Å². The Morgan fingerprint density at radius 2 is 1.16 bits per heavy atom. The summed E-state index contributed by atoms with van der Waals surface area (Å²) in [6.07, 6.45) is 23.2. The van der Waals surface area contributed by atoms with Crippen LogP contribution in [-0.2, 0) is 19.1 Å². The summed E-state index contributed by atoms with van der Waals surface area (Å²) < 4.78 is 10.3. The van der Waals surface area contributed by atoms with E-state index in [1.54, 1.807) is 0 Å². The van der Waals surface area contributed by atoms with Gasteiger partial charge in [0.15, 0.2) is 6.10 Å². The molecule has 0 aliphatic heterocycles. The summed E-state index contributed by atoms with van der Waals surface area (Å²) in [4.78, 5) is 23.5. The Morgan fingerprint density at radius 3 is 1.75 bits per heavy atom. The molecule has 1 atom stereocenters. The zero-order valence-corrected chi connectivity index (χ0v) is 21.0. The van der Waals surface area contributed by atoms with Crippen LogP contribution in [-0.4, -0.2) is 36.4 Å². The zero-order valence-electron chi connectivity index (χ0n) is 21.0. The second-order valence-corrected chi connectivity index (χ2v) is 8.77. The highest BCUT2D eigenvalue weighted by molar-refractivity contribution is 5.70. The molecule has 0 fully saturated rings. The van der Waals surface area contributed by atoms with Crippen molar-refractivity contribution in [1.82, 2.24) is 0 Å². The van der Waals surface area contributed by atoms with Gasteiger partial charge in [0.2, 0.25) is 0 Å². The minimum atomic E-state index is -0.762. The first-order chi connectivity index (χ1) is 15.6. The summed E-state index contributed by atoms with van der Waals surface area (Å²) in [5, 5.41) is 9.30. The van der Waals surface area contributed by atoms with Gasteiger partial charge in [-0.15, -0.1) is 0 Å². The molecule has 0 radical (unpaired) electrons. The molecule has 0 saturated heterocycles. The fraction of sp³-hybridized carbons (Fsp3) is 0.852. The number of carbonyl (C=O) groups excluding carboxylic acids is 2. The first kappa shape index (κ1) is 30.6. The molecule has 0 spiro atoms. The number of allylic oxidation sites excluding steroid dienone is 2. The first-order valence-electron chi connectivity index (χ1n) is 13.2. The normalized spacial score (nSPS) is 12.2. The van der Waals surface area contributed by atoms with E-state index in [1.165, 1.54) is 57.8 Å². The maximum atomic E-state index is 11.8. The molecule has 0 saturated carbocycles. The fourth-order valence-electron chi connectivity index (χ4n) is 3.49. The summed E-state index contributed by atoms with van der Waals surface area (Å²) in [7, 11) is 0. The topological polar surface area (TPSA) is 72.8 Å². The second-order valence-electron chi connectivity index (χ2n) is 8.77. The van der Waals surface area contributed by atoms with Gasteiger partial charge in [-0.3, -0.25) is 9.59 Å². The van der Waals surface area contributed by atoms with Gasteiger partial charge in [-0.2, -0.15) is 0 Å². The zero-order chi connectivity index (χ0) is 23.7. The number of rotatable bonds is 23. The smallest absolute Gasteiger partial charge is 0.306 e. The van der Waals surface area contributed by atoms with E-state index in [-0.39, 0.29) is 25.2 Å². The molecule has 5 nitrogen and oxygen atoms in total. The lowest BCUT2D eigenvalue weighted by atomic mass is 10.1. The van der Waals surface area contributed by atoms with Crippen LogP contribution < -0.4 is 0 Å². The molecule has 1 N–H and O–H groups in total. The van der Waals surface area contributed by atoms with Gasteiger partial charge in [0, 0.05) is 12.8 Å². The van der Waals surface area contributed by atoms with Crippen molar-refractivity contribution in [3.05, 3.63) is 12.2 Å². The van der Waals surface area contributed by atoms with E-state index < -0.39 is 6.10 Å². The molecule has 0 aromatic carbocycles. The van der Waals surface area contributed by atoms with Crippen LogP contribution in [0, 0.1) is 0 Å². The predicted octanol–water partition coefficient (Wildman–Crippen LogP) is 7.05. The third-order valence-corrected chi connectivity index (χ3v) is 5.56. The Labute approximate surface area is 197 Å². The van der Waals surface area contributed by atoms with E-state index in [4.69, 9.17) is 9.47 Å². The van der Waals surface area contributed by atoms with Crippen LogP contribution in [0.4, 0.5) is 0 Å². The molecule has 0 aromatic heterocycles. The number of hydrogen-bond donors (Lipinski definition) is 1. The average Bonchev–Trinajstić information content (AvgIpc) is 2.79. The molecule has 0 aliphatic carbocycles. The molecule has 188 valence electrons. The Balaban J connectivity index is 3.53. The average molecular weight is 455 g/mol. The lowest BCUT2D eigenvalue weighted by Gasteiger charge is -2.15. The van der Waals surface area contributed by atoms with Crippen molar-refractivity contribution in [2.75, 3.05) is 13.2 Å². The molecule has 0 amide bonds. The Bertz CT molecular complexity index is 461. The molecule has 0 rings (SSSR count). The monoisotopic (exact) mass is 454 g/mol. The Hall–Kier alpha value is -1.36. The van der Waals surface area contributed by atoms with Crippen molar-refractivity contribution in [3.8, 4) is 0 Å².